The van der Waals surface area contributed by atoms with Crippen molar-refractivity contribution in [3.8, 4) is 0 Å². The third-order valence-corrected chi connectivity index (χ3v) is 7.94. The first-order valence-corrected chi connectivity index (χ1v) is 10.3. The summed E-state index contributed by atoms with van der Waals surface area (Å²) in [6.45, 7) is 0. The molecule has 0 fully saturated rings. The molecule has 3 aromatic rings. The number of thiophene rings is 2. The number of benzene rings is 1. The highest BCUT2D eigenvalue weighted by Gasteiger charge is 2.33. The van der Waals surface area contributed by atoms with Crippen LogP contribution in [0.1, 0.15) is 9.75 Å². The van der Waals surface area contributed by atoms with Crippen LogP contribution in [0.3, 0.4) is 0 Å². The van der Waals surface area contributed by atoms with E-state index < -0.39 is 0 Å². The number of hydrogen-bond acceptors (Lipinski definition) is 2. The Kier molecular flexibility index (Phi) is 3.25. The van der Waals surface area contributed by atoms with Gasteiger partial charge in [-0.1, -0.05) is 48.6 Å². The molecule has 112 valence electrons. The Balaban J connectivity index is 1.76. The minimum Gasteiger partial charge on any atom is -0.143 e. The molecule has 1 aromatic carbocycles. The Morgan fingerprint density at radius 1 is 0.609 bits per heavy atom. The van der Waals surface area contributed by atoms with Gasteiger partial charge in [-0.25, -0.2) is 0 Å². The van der Waals surface area contributed by atoms with Crippen LogP contribution in [0, 0.1) is 11.8 Å². The molecule has 23 heavy (non-hydrogen) atoms. The summed E-state index contributed by atoms with van der Waals surface area (Å²) in [4.78, 5) is 5.86. The highest BCUT2D eigenvalue weighted by Crippen LogP contribution is 2.36. The molecule has 0 spiro atoms. The number of hydrogen-bond donors (Lipinski definition) is 0. The van der Waals surface area contributed by atoms with Gasteiger partial charge < -0.3 is 0 Å². The summed E-state index contributed by atoms with van der Waals surface area (Å²) in [6, 6.07) is 17.6. The fourth-order valence-electron chi connectivity index (χ4n) is 3.41. The highest BCUT2D eigenvalue weighted by molar-refractivity contribution is 7.99. The second kappa shape index (κ2) is 5.45. The average Bonchev–Trinajstić information content (AvgIpc) is 3.32. The van der Waals surface area contributed by atoms with E-state index in [0.29, 0.717) is 11.8 Å². The summed E-state index contributed by atoms with van der Waals surface area (Å²) in [6.07, 6.45) is 4.95. The maximum atomic E-state index is 2.47. The van der Waals surface area contributed by atoms with Crippen molar-refractivity contribution in [2.75, 3.05) is 0 Å². The Hall–Kier alpha value is -1.68. The summed E-state index contributed by atoms with van der Waals surface area (Å²) in [5, 5.41) is 7.11. The van der Waals surface area contributed by atoms with Crippen molar-refractivity contribution in [1.29, 1.82) is 0 Å². The Morgan fingerprint density at radius 2 is 1.13 bits per heavy atom. The lowest BCUT2D eigenvalue weighted by molar-refractivity contribution is 0.837. The van der Waals surface area contributed by atoms with E-state index in [-0.39, 0.29) is 0 Å². The van der Waals surface area contributed by atoms with Crippen LogP contribution in [0.5, 0.6) is 0 Å². The van der Waals surface area contributed by atoms with Crippen molar-refractivity contribution in [1.82, 2.24) is 0 Å². The lowest BCUT2D eigenvalue weighted by Crippen LogP contribution is -2.35. The van der Waals surface area contributed by atoms with Crippen LogP contribution >= 0.6 is 33.6 Å². The lowest BCUT2D eigenvalue weighted by Gasteiger charge is -2.21. The second-order valence-electron chi connectivity index (χ2n) is 5.80. The Bertz CT molecular complexity index is 963. The molecule has 2 aromatic heterocycles. The van der Waals surface area contributed by atoms with Crippen LogP contribution in [0.25, 0.3) is 12.2 Å². The van der Waals surface area contributed by atoms with Gasteiger partial charge in [-0.15, -0.1) is 33.6 Å². The van der Waals surface area contributed by atoms with E-state index >= 15 is 0 Å². The molecule has 0 N–H and O–H groups in total. The summed E-state index contributed by atoms with van der Waals surface area (Å²) >= 11 is 3.71. The SMILES string of the molecule is C1=c2ccccc2=CC2C(c3cccs3)=S=C(c3cccs3)C12. The van der Waals surface area contributed by atoms with Crippen LogP contribution in [-0.4, -0.2) is 9.73 Å². The van der Waals surface area contributed by atoms with Gasteiger partial charge in [-0.3, -0.25) is 0 Å². The normalized spacial score (nSPS) is 21.9. The zero-order valence-electron chi connectivity index (χ0n) is 12.3. The molecule has 0 nitrogen and oxygen atoms in total. The van der Waals surface area contributed by atoms with Crippen molar-refractivity contribution in [3.05, 3.63) is 79.5 Å². The van der Waals surface area contributed by atoms with Crippen molar-refractivity contribution in [3.63, 3.8) is 0 Å². The molecule has 5 rings (SSSR count). The van der Waals surface area contributed by atoms with Crippen LogP contribution in [0.4, 0.5) is 0 Å². The molecule has 3 heteroatoms. The third kappa shape index (κ3) is 2.23. The van der Waals surface area contributed by atoms with Gasteiger partial charge in [-0.2, -0.15) is 0 Å². The summed E-state index contributed by atoms with van der Waals surface area (Å²) in [7, 11) is 1.99. The van der Waals surface area contributed by atoms with Gasteiger partial charge in [0.05, 0.1) is 0 Å². The van der Waals surface area contributed by atoms with Crippen LogP contribution < -0.4 is 10.4 Å². The predicted octanol–water partition coefficient (Wildman–Crippen LogP) is 3.80. The minimum absolute atomic E-state index is 0.477. The molecular weight excluding hydrogens is 336 g/mol. The predicted molar refractivity (Wildman–Crippen MR) is 106 cm³/mol. The molecule has 2 atom stereocenters. The molecule has 0 amide bonds. The van der Waals surface area contributed by atoms with Gasteiger partial charge in [0.15, 0.2) is 0 Å². The molecule has 3 heterocycles. The van der Waals surface area contributed by atoms with Gasteiger partial charge in [0.2, 0.25) is 0 Å². The molecule has 0 saturated heterocycles. The topological polar surface area (TPSA) is 0 Å². The maximum absolute atomic E-state index is 2.47. The zero-order valence-corrected chi connectivity index (χ0v) is 14.8. The van der Waals surface area contributed by atoms with Crippen molar-refractivity contribution < 1.29 is 0 Å². The summed E-state index contributed by atoms with van der Waals surface area (Å²) < 4.78 is 0. The zero-order chi connectivity index (χ0) is 15.2. The van der Waals surface area contributed by atoms with Crippen LogP contribution in [0.2, 0.25) is 0 Å². The van der Waals surface area contributed by atoms with E-state index in [0.717, 1.165) is 0 Å². The second-order valence-corrected chi connectivity index (χ2v) is 8.78. The van der Waals surface area contributed by atoms with Crippen molar-refractivity contribution in [2.45, 2.75) is 0 Å². The van der Waals surface area contributed by atoms with Crippen LogP contribution in [-0.2, 0) is 0 Å². The first kappa shape index (κ1) is 13.7. The molecule has 0 saturated carbocycles. The third-order valence-electron chi connectivity index (χ3n) is 4.45. The molecule has 2 aliphatic rings. The smallest absolute Gasteiger partial charge is 0.0407 e. The monoisotopic (exact) mass is 350 g/mol. The largest absolute Gasteiger partial charge is 0.143 e. The van der Waals surface area contributed by atoms with E-state index in [1.807, 2.05) is 33.6 Å². The molecule has 2 unspecified atom stereocenters. The molecule has 1 aliphatic carbocycles. The van der Waals surface area contributed by atoms with Crippen LogP contribution in [0.15, 0.2) is 59.3 Å². The molecule has 0 radical (unpaired) electrons. The molecule has 1 aliphatic heterocycles. The summed E-state index contributed by atoms with van der Waals surface area (Å²) in [5.41, 5.74) is 0. The Morgan fingerprint density at radius 3 is 1.57 bits per heavy atom. The van der Waals surface area contributed by atoms with E-state index in [2.05, 4.69) is 71.4 Å². The highest BCUT2D eigenvalue weighted by atomic mass is 32.1. The standard InChI is InChI=1S/C20H14S3/c1-2-6-14-12-16-15(11-13(14)5-1)19(17-7-3-9-21-17)23-20(16)18-8-4-10-22-18/h1-12,15-16H. The van der Waals surface area contributed by atoms with E-state index in [4.69, 9.17) is 0 Å². The quantitative estimate of drug-likeness (QED) is 0.617. The van der Waals surface area contributed by atoms with E-state index in [1.165, 1.54) is 29.9 Å². The summed E-state index contributed by atoms with van der Waals surface area (Å²) in [5.74, 6) is 0.955. The van der Waals surface area contributed by atoms with Gasteiger partial charge in [0, 0.05) is 31.3 Å². The lowest BCUT2D eigenvalue weighted by atomic mass is 9.81. The number of rotatable bonds is 2. The minimum atomic E-state index is 0.477. The van der Waals surface area contributed by atoms with Gasteiger partial charge in [0.1, 0.15) is 0 Å². The maximum Gasteiger partial charge on any atom is 0.0407 e. The fraction of sp³-hybridized carbons (Fsp3) is 0.100. The first-order valence-electron chi connectivity index (χ1n) is 7.68. The van der Waals surface area contributed by atoms with Gasteiger partial charge in [0.25, 0.3) is 0 Å². The van der Waals surface area contributed by atoms with E-state index in [1.54, 1.807) is 0 Å². The fourth-order valence-corrected chi connectivity index (χ4v) is 6.65. The number of fused-ring (bicyclic) bond motifs is 2. The molecular formula is C20H14S3. The molecule has 0 bridgehead atoms. The van der Waals surface area contributed by atoms with Crippen molar-refractivity contribution >= 4 is 55.5 Å². The Labute approximate surface area is 146 Å². The van der Waals surface area contributed by atoms with Gasteiger partial charge in [-0.05, 0) is 33.3 Å². The van der Waals surface area contributed by atoms with E-state index in [9.17, 15) is 0 Å². The first-order chi connectivity index (χ1) is 11.4. The average molecular weight is 351 g/mol. The van der Waals surface area contributed by atoms with Gasteiger partial charge >= 0.3 is 0 Å². The van der Waals surface area contributed by atoms with Crippen molar-refractivity contribution in [2.24, 2.45) is 11.8 Å².